The van der Waals surface area contributed by atoms with E-state index in [1.165, 1.54) is 0 Å². The van der Waals surface area contributed by atoms with Gasteiger partial charge in [0.05, 0.1) is 0 Å². The Hall–Kier alpha value is -1.30. The summed E-state index contributed by atoms with van der Waals surface area (Å²) < 4.78 is 0. The van der Waals surface area contributed by atoms with Gasteiger partial charge in [0, 0.05) is 0 Å². The Bertz CT molecular complexity index is 249. The van der Waals surface area contributed by atoms with E-state index in [1.807, 2.05) is 39.8 Å². The molecule has 0 spiro atoms. The van der Waals surface area contributed by atoms with E-state index in [0.29, 0.717) is 0 Å². The van der Waals surface area contributed by atoms with E-state index in [2.05, 4.69) is 19.7 Å². The number of hydrogen-bond acceptors (Lipinski definition) is 0. The van der Waals surface area contributed by atoms with E-state index >= 15 is 0 Å². The second-order valence-corrected chi connectivity index (χ2v) is 2.53. The van der Waals surface area contributed by atoms with Crippen molar-refractivity contribution in [2.24, 2.45) is 0 Å². The molecule has 0 aliphatic rings. The molecular weight excluding hydrogens is 168 g/mol. The van der Waals surface area contributed by atoms with Crippen molar-refractivity contribution in [2.75, 3.05) is 0 Å². The number of allylic oxidation sites excluding steroid dienone is 7. The summed E-state index contributed by atoms with van der Waals surface area (Å²) in [5.41, 5.74) is 3.14. The maximum atomic E-state index is 3.87. The van der Waals surface area contributed by atoms with Gasteiger partial charge in [-0.15, -0.1) is 0 Å². The monoisotopic (exact) mass is 190 g/mol. The zero-order valence-corrected chi connectivity index (χ0v) is 9.93. The van der Waals surface area contributed by atoms with E-state index in [-0.39, 0.29) is 0 Å². The highest BCUT2D eigenvalue weighted by atomic mass is 14.0. The average Bonchev–Trinajstić information content (AvgIpc) is 2.22. The van der Waals surface area contributed by atoms with Gasteiger partial charge in [-0.3, -0.25) is 0 Å². The second-order valence-electron chi connectivity index (χ2n) is 2.53. The van der Waals surface area contributed by atoms with Gasteiger partial charge in [0.25, 0.3) is 0 Å². The van der Waals surface area contributed by atoms with Crippen molar-refractivity contribution in [3.05, 3.63) is 60.8 Å². The van der Waals surface area contributed by atoms with Crippen LogP contribution in [0, 0.1) is 0 Å². The highest BCUT2D eigenvalue weighted by molar-refractivity contribution is 5.48. The molecule has 0 fully saturated rings. The lowest BCUT2D eigenvalue weighted by molar-refractivity contribution is 1.41. The van der Waals surface area contributed by atoms with E-state index in [1.54, 1.807) is 12.2 Å². The lowest BCUT2D eigenvalue weighted by Crippen LogP contribution is -1.84. The molecule has 0 aromatic heterocycles. The molecule has 0 unspecified atom stereocenters. The smallest absolute Gasteiger partial charge is 0.0167 e. The molecule has 0 N–H and O–H groups in total. The summed E-state index contributed by atoms with van der Waals surface area (Å²) in [7, 11) is 0. The number of rotatable bonds is 4. The molecule has 78 valence electrons. The molecule has 0 aromatic rings. The van der Waals surface area contributed by atoms with Crippen molar-refractivity contribution < 1.29 is 0 Å². The molecule has 0 aliphatic heterocycles. The minimum absolute atomic E-state index is 0.917. The van der Waals surface area contributed by atoms with Crippen molar-refractivity contribution in [3.63, 3.8) is 0 Å². The molecule has 0 saturated heterocycles. The lowest BCUT2D eigenvalue weighted by atomic mass is 10.0. The fourth-order valence-corrected chi connectivity index (χ4v) is 0.995. The third-order valence-corrected chi connectivity index (χ3v) is 1.64. The summed E-state index contributed by atoms with van der Waals surface area (Å²) >= 11 is 0. The van der Waals surface area contributed by atoms with Gasteiger partial charge in [-0.1, -0.05) is 57.9 Å². The predicted molar refractivity (Wildman–Crippen MR) is 68.4 cm³/mol. The molecule has 0 heteroatoms. The van der Waals surface area contributed by atoms with Crippen molar-refractivity contribution in [1.29, 1.82) is 0 Å². The Morgan fingerprint density at radius 3 is 1.86 bits per heavy atom. The Morgan fingerprint density at radius 2 is 1.57 bits per heavy atom. The van der Waals surface area contributed by atoms with E-state index in [0.717, 1.165) is 16.7 Å². The Labute approximate surface area is 89.0 Å². The zero-order valence-electron chi connectivity index (χ0n) is 9.93. The van der Waals surface area contributed by atoms with Crippen LogP contribution in [0.4, 0.5) is 0 Å². The standard InChI is InChI=1S/C12H16.C2H6/c1-6-9-11(5)12(8-3)10(4)7-2;1-2/h6-9H,2-4H2,1,5H3;1-2H3/b9-6-,12-11-;. The van der Waals surface area contributed by atoms with Crippen LogP contribution in [-0.2, 0) is 0 Å². The molecule has 0 nitrogen and oxygen atoms in total. The predicted octanol–water partition coefficient (Wildman–Crippen LogP) is 4.83. The largest absolute Gasteiger partial charge is 0.0985 e. The molecule has 0 heterocycles. The van der Waals surface area contributed by atoms with Crippen molar-refractivity contribution in [1.82, 2.24) is 0 Å². The highest BCUT2D eigenvalue weighted by Crippen LogP contribution is 2.15. The van der Waals surface area contributed by atoms with Gasteiger partial charge >= 0.3 is 0 Å². The normalized spacial score (nSPS) is 11.1. The van der Waals surface area contributed by atoms with E-state index in [9.17, 15) is 0 Å². The van der Waals surface area contributed by atoms with Gasteiger partial charge in [-0.25, -0.2) is 0 Å². The average molecular weight is 190 g/mol. The first kappa shape index (κ1) is 15.2. The highest BCUT2D eigenvalue weighted by Gasteiger charge is 1.96. The van der Waals surface area contributed by atoms with Crippen LogP contribution in [0.2, 0.25) is 0 Å². The first-order valence-corrected chi connectivity index (χ1v) is 4.95. The summed E-state index contributed by atoms with van der Waals surface area (Å²) in [6, 6.07) is 0. The molecule has 0 saturated carbocycles. The molecule has 0 radical (unpaired) electrons. The minimum atomic E-state index is 0.917. The first-order valence-electron chi connectivity index (χ1n) is 4.95. The van der Waals surface area contributed by atoms with Crippen LogP contribution in [0.1, 0.15) is 27.7 Å². The molecule has 0 aliphatic carbocycles. The Balaban J connectivity index is 0. The third-order valence-electron chi connectivity index (χ3n) is 1.64. The van der Waals surface area contributed by atoms with Gasteiger partial charge in [-0.05, 0) is 30.6 Å². The summed E-state index contributed by atoms with van der Waals surface area (Å²) in [6.07, 6.45) is 7.57. The van der Waals surface area contributed by atoms with E-state index < -0.39 is 0 Å². The third kappa shape index (κ3) is 5.36. The van der Waals surface area contributed by atoms with Gasteiger partial charge in [0.2, 0.25) is 0 Å². The second kappa shape index (κ2) is 9.79. The van der Waals surface area contributed by atoms with Crippen LogP contribution in [-0.4, -0.2) is 0 Å². The quantitative estimate of drug-likeness (QED) is 0.557. The summed E-state index contributed by atoms with van der Waals surface area (Å²) in [6.45, 7) is 19.3. The minimum Gasteiger partial charge on any atom is -0.0985 e. The maximum Gasteiger partial charge on any atom is -0.0167 e. The SMILES string of the molecule is C=CC(=C)/C(C=C)=C(C)\C=C/C.CC. The first-order chi connectivity index (χ1) is 6.67. The fraction of sp³-hybridized carbons (Fsp3) is 0.286. The van der Waals surface area contributed by atoms with Crippen LogP contribution in [0.15, 0.2) is 60.8 Å². The zero-order chi connectivity index (χ0) is 11.6. The fourth-order valence-electron chi connectivity index (χ4n) is 0.995. The molecule has 0 atom stereocenters. The molecule has 14 heavy (non-hydrogen) atoms. The topological polar surface area (TPSA) is 0 Å². The van der Waals surface area contributed by atoms with Crippen molar-refractivity contribution in [3.8, 4) is 0 Å². The summed E-state index contributed by atoms with van der Waals surface area (Å²) in [5, 5.41) is 0. The van der Waals surface area contributed by atoms with Crippen LogP contribution < -0.4 is 0 Å². The van der Waals surface area contributed by atoms with Gasteiger partial charge in [0.15, 0.2) is 0 Å². The van der Waals surface area contributed by atoms with Crippen LogP contribution in [0.3, 0.4) is 0 Å². The van der Waals surface area contributed by atoms with E-state index in [4.69, 9.17) is 0 Å². The van der Waals surface area contributed by atoms with Crippen LogP contribution >= 0.6 is 0 Å². The number of hydrogen-bond donors (Lipinski definition) is 0. The summed E-state index contributed by atoms with van der Waals surface area (Å²) in [5.74, 6) is 0. The lowest BCUT2D eigenvalue weighted by Gasteiger charge is -2.03. The molecule has 0 aromatic carbocycles. The Morgan fingerprint density at radius 1 is 1.07 bits per heavy atom. The van der Waals surface area contributed by atoms with Gasteiger partial charge < -0.3 is 0 Å². The molecular formula is C14H22. The van der Waals surface area contributed by atoms with Gasteiger partial charge in [-0.2, -0.15) is 0 Å². The molecule has 0 bridgehead atoms. The maximum absolute atomic E-state index is 3.87. The van der Waals surface area contributed by atoms with Crippen LogP contribution in [0.25, 0.3) is 0 Å². The van der Waals surface area contributed by atoms with Crippen molar-refractivity contribution in [2.45, 2.75) is 27.7 Å². The summed E-state index contributed by atoms with van der Waals surface area (Å²) in [4.78, 5) is 0. The molecule has 0 rings (SSSR count). The molecule has 0 amide bonds. The van der Waals surface area contributed by atoms with Crippen LogP contribution in [0.5, 0.6) is 0 Å². The Kier molecular flexibility index (Phi) is 10.6. The van der Waals surface area contributed by atoms with Crippen molar-refractivity contribution >= 4 is 0 Å². The van der Waals surface area contributed by atoms with Gasteiger partial charge in [0.1, 0.15) is 0 Å².